The minimum Gasteiger partial charge on any atom is -0.480 e. The minimum atomic E-state index is -1.25. The first kappa shape index (κ1) is 7.68. The molecule has 0 radical (unpaired) electrons. The van der Waals surface area contributed by atoms with E-state index >= 15 is 0 Å². The van der Waals surface area contributed by atoms with E-state index in [9.17, 15) is 9.00 Å². The Bertz CT molecular complexity index is 182. The van der Waals surface area contributed by atoms with Crippen LogP contribution in [0.4, 0.5) is 0 Å². The molecule has 0 aromatic heterocycles. The van der Waals surface area contributed by atoms with Gasteiger partial charge in [-0.15, -0.1) is 0 Å². The maximum atomic E-state index is 10.9. The van der Waals surface area contributed by atoms with Crippen molar-refractivity contribution in [3.63, 3.8) is 0 Å². The quantitative estimate of drug-likeness (QED) is 0.515. The Labute approximate surface area is 60.9 Å². The van der Waals surface area contributed by atoms with Gasteiger partial charge in [0.05, 0.1) is 0 Å². The molecule has 4 nitrogen and oxygen atoms in total. The maximum absolute atomic E-state index is 10.9. The Morgan fingerprint density at radius 3 is 2.50 bits per heavy atom. The smallest absolute Gasteiger partial charge is 0.320 e. The van der Waals surface area contributed by atoms with Crippen molar-refractivity contribution >= 4 is 16.8 Å². The molecule has 1 saturated heterocycles. The third-order valence-electron chi connectivity index (χ3n) is 1.57. The van der Waals surface area contributed by atoms with Crippen LogP contribution in [0.3, 0.4) is 0 Å². The van der Waals surface area contributed by atoms with E-state index in [2.05, 4.69) is 0 Å². The highest BCUT2D eigenvalue weighted by Crippen LogP contribution is 2.14. The van der Waals surface area contributed by atoms with Crippen LogP contribution in [-0.2, 0) is 15.6 Å². The number of carboxylic acid groups (broad SMARTS) is 1. The average Bonchev–Trinajstić information content (AvgIpc) is 2.11. The molecule has 58 valence electrons. The van der Waals surface area contributed by atoms with E-state index in [1.807, 2.05) is 0 Å². The van der Waals surface area contributed by atoms with Gasteiger partial charge in [-0.3, -0.25) is 9.00 Å². The average molecular weight is 163 g/mol. The summed E-state index contributed by atoms with van der Waals surface area (Å²) in [5.74, 6) is -0.610. The van der Waals surface area contributed by atoms with E-state index < -0.39 is 28.1 Å². The summed E-state index contributed by atoms with van der Waals surface area (Å²) in [6, 6.07) is -0.418. The fraction of sp³-hybridized carbons (Fsp3) is 0.800. The number of nitrogens with two attached hydrogens (primary N) is 1. The number of hydrogen-bond acceptors (Lipinski definition) is 3. The van der Waals surface area contributed by atoms with E-state index in [0.29, 0.717) is 12.2 Å². The normalized spacial score (nSPS) is 39.9. The van der Waals surface area contributed by atoms with Gasteiger partial charge in [0, 0.05) is 22.6 Å². The summed E-state index contributed by atoms with van der Waals surface area (Å²) in [5.41, 5.74) is 5.40. The van der Waals surface area contributed by atoms with Crippen molar-refractivity contribution in [2.75, 3.05) is 5.75 Å². The van der Waals surface area contributed by atoms with Gasteiger partial charge >= 0.3 is 5.97 Å². The summed E-state index contributed by atoms with van der Waals surface area (Å²) < 4.78 is 10.9. The Hall–Kier alpha value is -0.420. The molecule has 0 amide bonds. The highest BCUT2D eigenvalue weighted by molar-refractivity contribution is 7.86. The van der Waals surface area contributed by atoms with Crippen molar-refractivity contribution in [2.45, 2.75) is 17.7 Å². The molecule has 0 saturated carbocycles. The molecule has 1 heterocycles. The molecule has 10 heavy (non-hydrogen) atoms. The second-order valence-corrected chi connectivity index (χ2v) is 3.97. The monoisotopic (exact) mass is 163 g/mol. The summed E-state index contributed by atoms with van der Waals surface area (Å²) in [6.45, 7) is 0. The fourth-order valence-corrected chi connectivity index (χ4v) is 2.53. The van der Waals surface area contributed by atoms with Crippen molar-refractivity contribution < 1.29 is 14.1 Å². The minimum absolute atomic E-state index is 0.418. The van der Waals surface area contributed by atoms with Crippen LogP contribution in [-0.4, -0.2) is 32.3 Å². The van der Waals surface area contributed by atoms with Crippen LogP contribution in [0, 0.1) is 0 Å². The van der Waals surface area contributed by atoms with Crippen molar-refractivity contribution in [1.29, 1.82) is 0 Å². The molecule has 3 unspecified atom stereocenters. The number of aliphatic carboxylic acids is 1. The van der Waals surface area contributed by atoms with Gasteiger partial charge in [-0.1, -0.05) is 0 Å². The van der Waals surface area contributed by atoms with Crippen molar-refractivity contribution in [2.24, 2.45) is 5.73 Å². The summed E-state index contributed by atoms with van der Waals surface area (Å²) in [7, 11) is -1.25. The van der Waals surface area contributed by atoms with E-state index in [-0.39, 0.29) is 0 Å². The second kappa shape index (κ2) is 2.67. The number of carbonyl (C=O) groups is 1. The molecule has 5 heteroatoms. The molecule has 0 aromatic rings. The van der Waals surface area contributed by atoms with Crippen molar-refractivity contribution in [3.8, 4) is 0 Å². The van der Waals surface area contributed by atoms with Gasteiger partial charge in [0.15, 0.2) is 0 Å². The van der Waals surface area contributed by atoms with Crippen LogP contribution in [0.2, 0.25) is 0 Å². The lowest BCUT2D eigenvalue weighted by atomic mass is 10.2. The van der Waals surface area contributed by atoms with Crippen LogP contribution >= 0.6 is 0 Å². The Morgan fingerprint density at radius 1 is 1.70 bits per heavy atom. The topological polar surface area (TPSA) is 80.4 Å². The van der Waals surface area contributed by atoms with Gasteiger partial charge < -0.3 is 10.8 Å². The largest absolute Gasteiger partial charge is 0.480 e. The van der Waals surface area contributed by atoms with Crippen LogP contribution < -0.4 is 5.73 Å². The lowest BCUT2D eigenvalue weighted by Gasteiger charge is -2.06. The van der Waals surface area contributed by atoms with E-state index in [1.54, 1.807) is 0 Å². The molecular weight excluding hydrogens is 154 g/mol. The molecule has 1 aliphatic rings. The highest BCUT2D eigenvalue weighted by atomic mass is 32.2. The summed E-state index contributed by atoms with van der Waals surface area (Å²) >= 11 is 0. The summed E-state index contributed by atoms with van der Waals surface area (Å²) in [5, 5.41) is 7.65. The molecule has 1 rings (SSSR count). The Balaban J connectivity index is 2.72. The number of rotatable bonds is 1. The third kappa shape index (κ3) is 1.19. The zero-order valence-corrected chi connectivity index (χ0v) is 6.13. The van der Waals surface area contributed by atoms with Crippen molar-refractivity contribution in [1.82, 2.24) is 0 Å². The SMILES string of the molecule is NC1CCS(=O)C1C(=O)O. The van der Waals surface area contributed by atoms with Gasteiger partial charge in [-0.2, -0.15) is 0 Å². The fourth-order valence-electron chi connectivity index (χ4n) is 1.02. The highest BCUT2D eigenvalue weighted by Gasteiger charge is 2.36. The molecule has 0 spiro atoms. The second-order valence-electron chi connectivity index (χ2n) is 2.30. The molecule has 1 fully saturated rings. The Kier molecular flexibility index (Phi) is 2.05. The van der Waals surface area contributed by atoms with Gasteiger partial charge in [0.25, 0.3) is 0 Å². The molecule has 0 bridgehead atoms. The predicted octanol–water partition coefficient (Wildman–Crippen LogP) is -1.08. The number of carboxylic acids is 1. The lowest BCUT2D eigenvalue weighted by Crippen LogP contribution is -2.37. The van der Waals surface area contributed by atoms with Crippen molar-refractivity contribution in [3.05, 3.63) is 0 Å². The Morgan fingerprint density at radius 2 is 2.30 bits per heavy atom. The lowest BCUT2D eigenvalue weighted by molar-refractivity contribution is -0.136. The predicted molar refractivity (Wildman–Crippen MR) is 37.0 cm³/mol. The van der Waals surface area contributed by atoms with Gasteiger partial charge in [0.2, 0.25) is 0 Å². The molecule has 3 N–H and O–H groups in total. The first-order valence-electron chi connectivity index (χ1n) is 2.98. The van der Waals surface area contributed by atoms with E-state index in [0.717, 1.165) is 0 Å². The van der Waals surface area contributed by atoms with E-state index in [1.165, 1.54) is 0 Å². The molecule has 1 aliphatic heterocycles. The molecular formula is C5H9NO3S. The molecule has 0 aromatic carbocycles. The molecule has 0 aliphatic carbocycles. The first-order valence-corrected chi connectivity index (χ1v) is 4.36. The summed E-state index contributed by atoms with van der Waals surface area (Å²) in [6.07, 6.45) is 0.559. The third-order valence-corrected chi connectivity index (χ3v) is 3.32. The number of hydrogen-bond donors (Lipinski definition) is 2. The van der Waals surface area contributed by atoms with Crippen LogP contribution in [0.15, 0.2) is 0 Å². The van der Waals surface area contributed by atoms with Gasteiger partial charge in [-0.05, 0) is 6.42 Å². The van der Waals surface area contributed by atoms with Crippen LogP contribution in [0.1, 0.15) is 6.42 Å². The van der Waals surface area contributed by atoms with Gasteiger partial charge in [-0.25, -0.2) is 0 Å². The van der Waals surface area contributed by atoms with Gasteiger partial charge in [0.1, 0.15) is 5.25 Å². The summed E-state index contributed by atoms with van der Waals surface area (Å²) in [4.78, 5) is 10.3. The first-order chi connectivity index (χ1) is 4.63. The zero-order chi connectivity index (χ0) is 7.72. The molecule has 3 atom stereocenters. The van der Waals surface area contributed by atoms with Crippen LogP contribution in [0.5, 0.6) is 0 Å². The standard InChI is InChI=1S/C5H9NO3S/c6-3-1-2-10(9)4(3)5(7)8/h3-4H,1-2,6H2,(H,7,8). The van der Waals surface area contributed by atoms with Crippen LogP contribution in [0.25, 0.3) is 0 Å². The van der Waals surface area contributed by atoms with E-state index in [4.69, 9.17) is 10.8 Å². The zero-order valence-electron chi connectivity index (χ0n) is 5.32. The maximum Gasteiger partial charge on any atom is 0.320 e.